The topological polar surface area (TPSA) is 107 Å². The van der Waals surface area contributed by atoms with Crippen LogP contribution in [0, 0.1) is 21.0 Å². The van der Waals surface area contributed by atoms with Crippen molar-refractivity contribution in [1.82, 2.24) is 0 Å². The van der Waals surface area contributed by atoms with Gasteiger partial charge in [0.2, 0.25) is 10.0 Å². The van der Waals surface area contributed by atoms with Gasteiger partial charge in [0.15, 0.2) is 11.6 Å². The number of anilines is 1. The molecule has 6 nitrogen and oxygen atoms in total. The minimum absolute atomic E-state index is 0.0195. The van der Waals surface area contributed by atoms with Crippen LogP contribution >= 0.6 is 22.6 Å². The van der Waals surface area contributed by atoms with Gasteiger partial charge >= 0.3 is 0 Å². The number of rotatable bonds is 9. The summed E-state index contributed by atoms with van der Waals surface area (Å²) in [5.74, 6) is -3.32. The van der Waals surface area contributed by atoms with E-state index in [1.54, 1.807) is 6.07 Å². The van der Waals surface area contributed by atoms with Crippen molar-refractivity contribution in [1.29, 1.82) is 0 Å². The van der Waals surface area contributed by atoms with Gasteiger partial charge < -0.3 is 15.3 Å². The minimum atomic E-state index is -4.22. The van der Waals surface area contributed by atoms with Crippen molar-refractivity contribution >= 4 is 38.3 Å². The van der Waals surface area contributed by atoms with Crippen molar-refractivity contribution < 1.29 is 36.9 Å². The van der Waals surface area contributed by atoms with Crippen LogP contribution in [0.2, 0.25) is 0 Å². The summed E-state index contributed by atoms with van der Waals surface area (Å²) in [7, 11) is -4.22. The van der Waals surface area contributed by atoms with Crippen molar-refractivity contribution in [2.75, 3.05) is 11.3 Å². The second-order valence-corrected chi connectivity index (χ2v) is 10.9. The van der Waals surface area contributed by atoms with E-state index in [4.69, 9.17) is 5.11 Å². The Bertz CT molecular complexity index is 1090. The fourth-order valence-corrected chi connectivity index (χ4v) is 5.71. The van der Waals surface area contributed by atoms with Crippen molar-refractivity contribution in [2.45, 2.75) is 43.1 Å². The number of aliphatic hydroxyl groups excluding tert-OH is 3. The molecule has 2 aromatic rings. The number of hydrogen-bond donors (Lipinski definition) is 4. The van der Waals surface area contributed by atoms with E-state index in [9.17, 15) is 31.8 Å². The van der Waals surface area contributed by atoms with Crippen LogP contribution in [-0.2, 0) is 23.1 Å². The van der Waals surface area contributed by atoms with Crippen molar-refractivity contribution in [3.05, 3.63) is 62.0 Å². The number of sulfonamides is 1. The summed E-state index contributed by atoms with van der Waals surface area (Å²) in [5.41, 5.74) is -0.983. The van der Waals surface area contributed by atoms with Crippen molar-refractivity contribution in [3.8, 4) is 0 Å². The zero-order valence-corrected chi connectivity index (χ0v) is 19.2. The highest BCUT2D eigenvalue weighted by Crippen LogP contribution is 2.48. The van der Waals surface area contributed by atoms with Gasteiger partial charge in [-0.25, -0.2) is 21.6 Å². The highest BCUT2D eigenvalue weighted by Gasteiger charge is 2.55. The van der Waals surface area contributed by atoms with E-state index < -0.39 is 63.5 Å². The molecular formula is C20H21F3INO5S. The Balaban J connectivity index is 2.06. The van der Waals surface area contributed by atoms with Crippen LogP contribution < -0.4 is 4.72 Å². The van der Waals surface area contributed by atoms with Gasteiger partial charge in [-0.3, -0.25) is 4.72 Å². The maximum Gasteiger partial charge on any atom is 0.238 e. The summed E-state index contributed by atoms with van der Waals surface area (Å²) in [5, 5.41) is 28.4. The molecule has 3 rings (SSSR count). The maximum absolute atomic E-state index is 14.7. The summed E-state index contributed by atoms with van der Waals surface area (Å²) < 4.78 is 70.8. The van der Waals surface area contributed by atoms with Gasteiger partial charge in [0.05, 0.1) is 29.8 Å². The van der Waals surface area contributed by atoms with E-state index in [1.807, 2.05) is 22.6 Å². The Hall–Kier alpha value is -1.41. The van der Waals surface area contributed by atoms with Crippen molar-refractivity contribution in [3.63, 3.8) is 0 Å². The lowest BCUT2D eigenvalue weighted by molar-refractivity contribution is 0.0858. The molecule has 1 aliphatic carbocycles. The number of benzene rings is 2. The molecule has 1 atom stereocenters. The molecule has 1 aliphatic rings. The molecule has 4 N–H and O–H groups in total. The summed E-state index contributed by atoms with van der Waals surface area (Å²) in [6, 6.07) is 4.85. The molecule has 1 fully saturated rings. The van der Waals surface area contributed by atoms with Gasteiger partial charge in [-0.2, -0.15) is 0 Å². The van der Waals surface area contributed by atoms with Crippen LogP contribution in [0.1, 0.15) is 36.0 Å². The predicted molar refractivity (Wildman–Crippen MR) is 116 cm³/mol. The molecule has 0 bridgehead atoms. The van der Waals surface area contributed by atoms with E-state index in [0.29, 0.717) is 9.64 Å². The Morgan fingerprint density at radius 1 is 1.10 bits per heavy atom. The van der Waals surface area contributed by atoms with Crippen LogP contribution in [0.15, 0.2) is 24.3 Å². The van der Waals surface area contributed by atoms with Gasteiger partial charge in [-0.1, -0.05) is 6.07 Å². The normalized spacial score (nSPS) is 16.2. The first-order chi connectivity index (χ1) is 14.5. The number of halogens is 4. The monoisotopic (exact) mass is 571 g/mol. The molecular weight excluding hydrogens is 550 g/mol. The zero-order chi connectivity index (χ0) is 23.0. The van der Waals surface area contributed by atoms with Crippen LogP contribution in [0.3, 0.4) is 0 Å². The number of hydrogen-bond acceptors (Lipinski definition) is 5. The summed E-state index contributed by atoms with van der Waals surface area (Å²) >= 11 is 1.89. The number of nitrogens with one attached hydrogen (secondary N) is 1. The first-order valence-corrected chi connectivity index (χ1v) is 12.0. The fraction of sp³-hybridized carbons (Fsp3) is 0.400. The molecule has 31 heavy (non-hydrogen) atoms. The SMILES string of the molecule is O=S(=O)(Nc1c(CO)cc(F)c(F)c1Cc1ccc(I)cc1F)C1(C[C@H](O)CO)CC1. The van der Waals surface area contributed by atoms with Gasteiger partial charge in [0, 0.05) is 21.1 Å². The third-order valence-electron chi connectivity index (χ3n) is 5.38. The predicted octanol–water partition coefficient (Wildman–Crippen LogP) is 2.81. The standard InChI is InChI=1S/C20H21F3INO5S/c21-16-7-13(24)2-1-11(16)5-15-18(23)17(22)6-12(9-26)19(15)25-31(29,30)20(3-4-20)8-14(28)10-27/h1-2,6-7,14,25-28H,3-5,8-10H2/t14-/m0/s1. The Morgan fingerprint density at radius 2 is 1.77 bits per heavy atom. The lowest BCUT2D eigenvalue weighted by Gasteiger charge is -2.23. The molecule has 0 saturated heterocycles. The molecule has 0 unspecified atom stereocenters. The van der Waals surface area contributed by atoms with Crippen LogP contribution in [0.25, 0.3) is 0 Å². The maximum atomic E-state index is 14.7. The highest BCUT2D eigenvalue weighted by molar-refractivity contribution is 14.1. The zero-order valence-electron chi connectivity index (χ0n) is 16.2. The molecule has 0 heterocycles. The average molecular weight is 571 g/mol. The van der Waals surface area contributed by atoms with E-state index in [1.165, 1.54) is 12.1 Å². The molecule has 2 aromatic carbocycles. The average Bonchev–Trinajstić information content (AvgIpc) is 3.50. The second-order valence-electron chi connectivity index (χ2n) is 7.58. The summed E-state index contributed by atoms with van der Waals surface area (Å²) in [4.78, 5) is 0. The minimum Gasteiger partial charge on any atom is -0.394 e. The smallest absolute Gasteiger partial charge is 0.238 e. The Kier molecular flexibility index (Phi) is 7.21. The van der Waals surface area contributed by atoms with Gasteiger partial charge in [-0.05, 0) is 65.6 Å². The van der Waals surface area contributed by atoms with E-state index in [0.717, 1.165) is 0 Å². The lowest BCUT2D eigenvalue weighted by Crippen LogP contribution is -2.35. The molecule has 11 heteroatoms. The van der Waals surface area contributed by atoms with Crippen LogP contribution in [0.4, 0.5) is 18.9 Å². The van der Waals surface area contributed by atoms with Gasteiger partial charge in [0.1, 0.15) is 5.82 Å². The first-order valence-electron chi connectivity index (χ1n) is 9.39. The lowest BCUT2D eigenvalue weighted by atomic mass is 9.99. The van der Waals surface area contributed by atoms with Gasteiger partial charge in [-0.15, -0.1) is 0 Å². The second kappa shape index (κ2) is 9.22. The quantitative estimate of drug-likeness (QED) is 0.347. The molecule has 1 saturated carbocycles. The molecule has 0 aromatic heterocycles. The Labute approximate surface area is 191 Å². The molecule has 0 aliphatic heterocycles. The third kappa shape index (κ3) is 5.00. The van der Waals surface area contributed by atoms with Crippen LogP contribution in [0.5, 0.6) is 0 Å². The first kappa shape index (κ1) is 24.2. The summed E-state index contributed by atoms with van der Waals surface area (Å²) in [6.45, 7) is -1.41. The molecule has 0 amide bonds. The van der Waals surface area contributed by atoms with Gasteiger partial charge in [0.25, 0.3) is 0 Å². The Morgan fingerprint density at radius 3 is 2.32 bits per heavy atom. The highest BCUT2D eigenvalue weighted by atomic mass is 127. The molecule has 170 valence electrons. The molecule has 0 spiro atoms. The molecule has 0 radical (unpaired) electrons. The fourth-order valence-electron chi connectivity index (χ4n) is 3.47. The largest absolute Gasteiger partial charge is 0.394 e. The summed E-state index contributed by atoms with van der Waals surface area (Å²) in [6.07, 6.45) is -1.54. The third-order valence-corrected chi connectivity index (χ3v) is 8.24. The van der Waals surface area contributed by atoms with E-state index in [-0.39, 0.29) is 36.1 Å². The van der Waals surface area contributed by atoms with E-state index >= 15 is 0 Å². The van der Waals surface area contributed by atoms with Crippen molar-refractivity contribution in [2.24, 2.45) is 0 Å². The number of aliphatic hydroxyl groups is 3. The van der Waals surface area contributed by atoms with E-state index in [2.05, 4.69) is 4.72 Å². The van der Waals surface area contributed by atoms with Crippen LogP contribution in [-0.4, -0.2) is 41.2 Å².